The summed E-state index contributed by atoms with van der Waals surface area (Å²) in [6.45, 7) is 2.13. The van der Waals surface area contributed by atoms with Crippen LogP contribution in [0.1, 0.15) is 24.2 Å². The summed E-state index contributed by atoms with van der Waals surface area (Å²) in [5, 5.41) is 8.05. The highest BCUT2D eigenvalue weighted by molar-refractivity contribution is 5.41. The predicted molar refractivity (Wildman–Crippen MR) is 73.2 cm³/mol. The molecular weight excluding hydrogens is 256 g/mol. The van der Waals surface area contributed by atoms with Gasteiger partial charge in [-0.2, -0.15) is 4.68 Å². The first-order chi connectivity index (χ1) is 9.72. The maximum Gasteiger partial charge on any atom is 0.353 e. The molecule has 0 aliphatic carbocycles. The van der Waals surface area contributed by atoms with Crippen LogP contribution in [0.5, 0.6) is 0 Å². The molecule has 20 heavy (non-hydrogen) atoms. The Balaban J connectivity index is 2.14. The van der Waals surface area contributed by atoms with E-state index >= 15 is 0 Å². The number of fused-ring (bicyclic) bond motifs is 1. The molecule has 0 aliphatic heterocycles. The van der Waals surface area contributed by atoms with Gasteiger partial charge in [0.15, 0.2) is 5.65 Å². The molecule has 7 heteroatoms. The van der Waals surface area contributed by atoms with Crippen LogP contribution in [-0.4, -0.2) is 24.4 Å². The van der Waals surface area contributed by atoms with E-state index in [4.69, 9.17) is 5.73 Å². The monoisotopic (exact) mass is 270 g/mol. The lowest BCUT2D eigenvalue weighted by Gasteiger charge is -2.13. The average molecular weight is 270 g/mol. The summed E-state index contributed by atoms with van der Waals surface area (Å²) in [7, 11) is 0. The minimum absolute atomic E-state index is 0.204. The van der Waals surface area contributed by atoms with E-state index in [0.29, 0.717) is 11.3 Å². The van der Waals surface area contributed by atoms with E-state index in [2.05, 4.69) is 15.3 Å². The van der Waals surface area contributed by atoms with Gasteiger partial charge in [-0.15, -0.1) is 5.10 Å². The van der Waals surface area contributed by atoms with Crippen LogP contribution >= 0.6 is 0 Å². The highest BCUT2D eigenvalue weighted by Crippen LogP contribution is 2.14. The second-order valence-corrected chi connectivity index (χ2v) is 4.49. The summed E-state index contributed by atoms with van der Waals surface area (Å²) in [6, 6.07) is 9.46. The third-order valence-electron chi connectivity index (χ3n) is 3.30. The second kappa shape index (κ2) is 4.86. The van der Waals surface area contributed by atoms with Crippen molar-refractivity contribution in [3.05, 3.63) is 58.4 Å². The van der Waals surface area contributed by atoms with Crippen molar-refractivity contribution in [2.75, 3.05) is 0 Å². The van der Waals surface area contributed by atoms with E-state index in [-0.39, 0.29) is 18.3 Å². The third-order valence-corrected chi connectivity index (χ3v) is 3.30. The first-order valence-corrected chi connectivity index (χ1v) is 6.29. The zero-order valence-corrected chi connectivity index (χ0v) is 11.0. The lowest BCUT2D eigenvalue weighted by Crippen LogP contribution is -2.32. The van der Waals surface area contributed by atoms with Gasteiger partial charge < -0.3 is 5.73 Å². The lowest BCUT2D eigenvalue weighted by molar-refractivity contribution is 0.480. The summed E-state index contributed by atoms with van der Waals surface area (Å²) in [4.78, 5) is 16.5. The molecule has 1 atom stereocenters. The highest BCUT2D eigenvalue weighted by atomic mass is 16.2. The molecule has 2 N–H and O–H groups in total. The normalized spacial score (nSPS) is 12.7. The molecule has 3 rings (SSSR count). The average Bonchev–Trinajstić information content (AvgIpc) is 2.92. The number of nitrogens with zero attached hydrogens (tertiary/aromatic N) is 5. The van der Waals surface area contributed by atoms with Crippen LogP contribution in [0.4, 0.5) is 0 Å². The van der Waals surface area contributed by atoms with Gasteiger partial charge in [-0.05, 0) is 12.5 Å². The molecule has 0 spiro atoms. The molecule has 0 saturated carbocycles. The topological polar surface area (TPSA) is 91.1 Å². The second-order valence-electron chi connectivity index (χ2n) is 4.49. The molecule has 1 aromatic carbocycles. The molecule has 3 aromatic rings. The number of nitrogens with two attached hydrogens (primary N) is 1. The number of aromatic nitrogens is 5. The zero-order chi connectivity index (χ0) is 14.1. The summed E-state index contributed by atoms with van der Waals surface area (Å²) in [5.74, 6) is 0. The maximum atomic E-state index is 12.4. The Morgan fingerprint density at radius 1 is 1.30 bits per heavy atom. The van der Waals surface area contributed by atoms with E-state index in [1.165, 1.54) is 15.4 Å². The van der Waals surface area contributed by atoms with Gasteiger partial charge >= 0.3 is 5.69 Å². The van der Waals surface area contributed by atoms with E-state index in [9.17, 15) is 4.79 Å². The molecule has 0 fully saturated rings. The molecule has 0 bridgehead atoms. The smallest absolute Gasteiger partial charge is 0.325 e. The molecule has 7 nitrogen and oxygen atoms in total. The van der Waals surface area contributed by atoms with Gasteiger partial charge in [0.25, 0.3) is 0 Å². The van der Waals surface area contributed by atoms with Crippen molar-refractivity contribution in [3.63, 3.8) is 0 Å². The summed E-state index contributed by atoms with van der Waals surface area (Å²) < 4.78 is 2.71. The SMILES string of the molecule is CC(c1ccccc1)n1nnc2c(CN)ncn2c1=O. The van der Waals surface area contributed by atoms with E-state index in [0.717, 1.165) is 5.56 Å². The third kappa shape index (κ3) is 1.88. The Bertz CT molecular complexity index is 791. The fourth-order valence-electron chi connectivity index (χ4n) is 2.12. The molecule has 0 amide bonds. The Kier molecular flexibility index (Phi) is 3.03. The largest absolute Gasteiger partial charge is 0.353 e. The molecule has 0 aliphatic rings. The highest BCUT2D eigenvalue weighted by Gasteiger charge is 2.15. The zero-order valence-electron chi connectivity index (χ0n) is 11.0. The van der Waals surface area contributed by atoms with Crippen LogP contribution in [0.2, 0.25) is 0 Å². The van der Waals surface area contributed by atoms with E-state index in [1.54, 1.807) is 0 Å². The van der Waals surface area contributed by atoms with Crippen LogP contribution in [0.15, 0.2) is 41.5 Å². The minimum atomic E-state index is -0.279. The van der Waals surface area contributed by atoms with Gasteiger partial charge in [0.2, 0.25) is 0 Å². The Hall–Kier alpha value is -2.54. The standard InChI is InChI=1S/C13H14N6O/c1-9(10-5-3-2-4-6-10)19-13(20)18-8-15-11(7-14)12(18)16-17-19/h2-6,8-9H,7,14H2,1H3. The van der Waals surface area contributed by atoms with Crippen molar-refractivity contribution in [1.29, 1.82) is 0 Å². The molecule has 2 heterocycles. The summed E-state index contributed by atoms with van der Waals surface area (Å²) >= 11 is 0. The minimum Gasteiger partial charge on any atom is -0.325 e. The molecular formula is C13H14N6O. The Morgan fingerprint density at radius 3 is 2.75 bits per heavy atom. The number of hydrogen-bond donors (Lipinski definition) is 1. The van der Waals surface area contributed by atoms with Gasteiger partial charge in [-0.1, -0.05) is 35.5 Å². The van der Waals surface area contributed by atoms with Crippen LogP contribution in [0.25, 0.3) is 5.65 Å². The van der Waals surface area contributed by atoms with Crippen molar-refractivity contribution < 1.29 is 0 Å². The Labute approximate surface area is 114 Å². The summed E-state index contributed by atoms with van der Waals surface area (Å²) in [6.07, 6.45) is 1.43. The van der Waals surface area contributed by atoms with Gasteiger partial charge in [0, 0.05) is 6.54 Å². The van der Waals surface area contributed by atoms with Crippen molar-refractivity contribution in [2.45, 2.75) is 19.5 Å². The number of benzene rings is 1. The quantitative estimate of drug-likeness (QED) is 0.741. The van der Waals surface area contributed by atoms with Crippen LogP contribution < -0.4 is 11.4 Å². The number of rotatable bonds is 3. The maximum absolute atomic E-state index is 12.4. The molecule has 0 saturated heterocycles. The predicted octanol–water partition coefficient (Wildman–Crippen LogP) is 0.354. The van der Waals surface area contributed by atoms with Gasteiger partial charge in [-0.25, -0.2) is 14.2 Å². The number of imidazole rings is 1. The Morgan fingerprint density at radius 2 is 2.05 bits per heavy atom. The van der Waals surface area contributed by atoms with Crippen molar-refractivity contribution in [2.24, 2.45) is 5.73 Å². The fraction of sp³-hybridized carbons (Fsp3) is 0.231. The van der Waals surface area contributed by atoms with Crippen molar-refractivity contribution in [3.8, 4) is 0 Å². The van der Waals surface area contributed by atoms with Gasteiger partial charge in [0.1, 0.15) is 12.0 Å². The number of hydrogen-bond acceptors (Lipinski definition) is 5. The molecule has 1 unspecified atom stereocenters. The van der Waals surface area contributed by atoms with Crippen molar-refractivity contribution >= 4 is 5.65 Å². The molecule has 102 valence electrons. The fourth-order valence-corrected chi connectivity index (χ4v) is 2.12. The van der Waals surface area contributed by atoms with Crippen LogP contribution in [0.3, 0.4) is 0 Å². The summed E-state index contributed by atoms with van der Waals surface area (Å²) in [5.41, 5.74) is 7.23. The van der Waals surface area contributed by atoms with E-state index in [1.807, 2.05) is 37.3 Å². The van der Waals surface area contributed by atoms with Crippen molar-refractivity contribution in [1.82, 2.24) is 24.4 Å². The molecule has 2 aromatic heterocycles. The molecule has 0 radical (unpaired) electrons. The first-order valence-electron chi connectivity index (χ1n) is 6.29. The first kappa shape index (κ1) is 12.5. The van der Waals surface area contributed by atoms with Crippen LogP contribution in [0, 0.1) is 0 Å². The van der Waals surface area contributed by atoms with Gasteiger partial charge in [-0.3, -0.25) is 0 Å². The van der Waals surface area contributed by atoms with E-state index < -0.39 is 0 Å². The van der Waals surface area contributed by atoms with Gasteiger partial charge in [0.05, 0.1) is 6.04 Å². The lowest BCUT2D eigenvalue weighted by atomic mass is 10.1. The van der Waals surface area contributed by atoms with Crippen LogP contribution in [-0.2, 0) is 6.54 Å².